The van der Waals surface area contributed by atoms with Gasteiger partial charge in [-0.3, -0.25) is 4.79 Å². The van der Waals surface area contributed by atoms with E-state index in [9.17, 15) is 13.2 Å². The van der Waals surface area contributed by atoms with Crippen LogP contribution in [-0.4, -0.2) is 46.1 Å². The number of rotatable bonds is 7. The highest BCUT2D eigenvalue weighted by Crippen LogP contribution is 2.42. The average Bonchev–Trinajstić information content (AvgIpc) is 2.73. The fourth-order valence-corrected chi connectivity index (χ4v) is 5.76. The van der Waals surface area contributed by atoms with Crippen LogP contribution in [0.25, 0.3) is 0 Å². The Labute approximate surface area is 181 Å². The summed E-state index contributed by atoms with van der Waals surface area (Å²) in [5.74, 6) is 0.528. The number of sulfonamides is 1. The maximum atomic E-state index is 13.5. The van der Waals surface area contributed by atoms with E-state index in [0.717, 1.165) is 5.56 Å². The quantitative estimate of drug-likeness (QED) is 0.596. The van der Waals surface area contributed by atoms with Gasteiger partial charge in [0.1, 0.15) is 4.90 Å². The largest absolute Gasteiger partial charge is 0.493 e. The molecule has 1 heterocycles. The van der Waals surface area contributed by atoms with Crippen LogP contribution in [0.1, 0.15) is 30.5 Å². The van der Waals surface area contributed by atoms with Crippen molar-refractivity contribution in [3.63, 3.8) is 0 Å². The van der Waals surface area contributed by atoms with Gasteiger partial charge in [-0.05, 0) is 48.7 Å². The Morgan fingerprint density at radius 1 is 1.17 bits per heavy atom. The molecule has 2 aromatic rings. The summed E-state index contributed by atoms with van der Waals surface area (Å²) < 4.78 is 44.2. The first-order valence-electron chi connectivity index (χ1n) is 9.50. The van der Waals surface area contributed by atoms with Crippen molar-refractivity contribution in [1.29, 1.82) is 0 Å². The second kappa shape index (κ2) is 9.24. The van der Waals surface area contributed by atoms with Gasteiger partial charge in [0, 0.05) is 6.54 Å². The summed E-state index contributed by atoms with van der Waals surface area (Å²) in [4.78, 5) is 12.4. The highest BCUT2D eigenvalue weighted by atomic mass is 35.5. The molecule has 0 aromatic heterocycles. The lowest BCUT2D eigenvalue weighted by molar-refractivity contribution is -0.144. The summed E-state index contributed by atoms with van der Waals surface area (Å²) in [6.45, 7) is 2.11. The highest BCUT2D eigenvalue weighted by Gasteiger charge is 2.39. The molecule has 0 saturated heterocycles. The Bertz CT molecular complexity index is 1040. The fourth-order valence-electron chi connectivity index (χ4n) is 3.66. The van der Waals surface area contributed by atoms with Gasteiger partial charge in [-0.1, -0.05) is 23.7 Å². The normalized spacial score (nSPS) is 16.6. The molecule has 9 heteroatoms. The third kappa shape index (κ3) is 4.26. The molecule has 1 aliphatic heterocycles. The number of halogens is 1. The minimum atomic E-state index is -3.96. The van der Waals surface area contributed by atoms with Crippen molar-refractivity contribution < 1.29 is 27.4 Å². The van der Waals surface area contributed by atoms with E-state index in [4.69, 9.17) is 25.8 Å². The van der Waals surface area contributed by atoms with Crippen LogP contribution >= 0.6 is 11.6 Å². The van der Waals surface area contributed by atoms with Gasteiger partial charge in [0.15, 0.2) is 11.5 Å². The van der Waals surface area contributed by atoms with Gasteiger partial charge in [-0.2, -0.15) is 4.31 Å². The predicted octanol–water partition coefficient (Wildman–Crippen LogP) is 3.60. The van der Waals surface area contributed by atoms with Gasteiger partial charge in [-0.25, -0.2) is 8.42 Å². The van der Waals surface area contributed by atoms with Crippen LogP contribution in [0.15, 0.2) is 41.3 Å². The Kier molecular flexibility index (Phi) is 6.90. The molecule has 1 atom stereocenters. The van der Waals surface area contributed by atoms with E-state index in [2.05, 4.69) is 0 Å². The lowest BCUT2D eigenvalue weighted by atomic mass is 9.91. The van der Waals surface area contributed by atoms with Crippen LogP contribution in [0.2, 0.25) is 5.02 Å². The molecule has 0 bridgehead atoms. The molecule has 0 radical (unpaired) electrons. The summed E-state index contributed by atoms with van der Waals surface area (Å²) in [7, 11) is -0.914. The van der Waals surface area contributed by atoms with Crippen LogP contribution in [0.5, 0.6) is 11.5 Å². The molecule has 0 saturated carbocycles. The molecule has 3 rings (SSSR count). The standard InChI is InChI=1S/C21H24ClNO6S/c1-4-29-21(24)13-17-15-12-19(28-3)18(27-2)11-14(15)9-10-23(17)30(25,26)20-8-6-5-7-16(20)22/h5-8,11-12,17H,4,9-10,13H2,1-3H3/t17-/m1/s1. The zero-order valence-electron chi connectivity index (χ0n) is 17.1. The molecule has 162 valence electrons. The Morgan fingerprint density at radius 3 is 2.47 bits per heavy atom. The van der Waals surface area contributed by atoms with Crippen molar-refractivity contribution in [3.05, 3.63) is 52.5 Å². The van der Waals surface area contributed by atoms with Gasteiger partial charge in [0.25, 0.3) is 0 Å². The van der Waals surface area contributed by atoms with Crippen molar-refractivity contribution >= 4 is 27.6 Å². The average molecular weight is 454 g/mol. The molecule has 0 N–H and O–H groups in total. The monoisotopic (exact) mass is 453 g/mol. The Morgan fingerprint density at radius 2 is 1.83 bits per heavy atom. The van der Waals surface area contributed by atoms with Crippen LogP contribution in [-0.2, 0) is 26.0 Å². The predicted molar refractivity (Wildman–Crippen MR) is 113 cm³/mol. The van der Waals surface area contributed by atoms with E-state index in [1.54, 1.807) is 25.1 Å². The summed E-state index contributed by atoms with van der Waals surface area (Å²) in [5, 5.41) is 0.130. The molecule has 7 nitrogen and oxygen atoms in total. The molecule has 1 aliphatic rings. The Hall–Kier alpha value is -2.29. The molecule has 2 aromatic carbocycles. The smallest absolute Gasteiger partial charge is 0.307 e. The topological polar surface area (TPSA) is 82.1 Å². The first kappa shape index (κ1) is 22.4. The molecule has 0 aliphatic carbocycles. The van der Waals surface area contributed by atoms with Gasteiger partial charge in [0.2, 0.25) is 10.0 Å². The zero-order chi connectivity index (χ0) is 21.9. The third-order valence-corrected chi connectivity index (χ3v) is 7.45. The van der Waals surface area contributed by atoms with E-state index in [1.807, 2.05) is 6.07 Å². The minimum absolute atomic E-state index is 0.00412. The lowest BCUT2D eigenvalue weighted by Gasteiger charge is -2.36. The molecule has 0 fully saturated rings. The molecular formula is C21H24ClNO6S. The third-order valence-electron chi connectivity index (χ3n) is 5.04. The van der Waals surface area contributed by atoms with Crippen LogP contribution < -0.4 is 9.47 Å². The van der Waals surface area contributed by atoms with Crippen molar-refractivity contribution in [2.75, 3.05) is 27.4 Å². The van der Waals surface area contributed by atoms with Crippen molar-refractivity contribution in [2.45, 2.75) is 30.7 Å². The molecule has 30 heavy (non-hydrogen) atoms. The molecule has 0 unspecified atom stereocenters. The van der Waals surface area contributed by atoms with E-state index in [-0.39, 0.29) is 29.5 Å². The number of nitrogens with zero attached hydrogens (tertiary/aromatic N) is 1. The van der Waals surface area contributed by atoms with Crippen molar-refractivity contribution in [3.8, 4) is 11.5 Å². The van der Waals surface area contributed by atoms with E-state index in [0.29, 0.717) is 23.5 Å². The number of methoxy groups -OCH3 is 2. The van der Waals surface area contributed by atoms with Gasteiger partial charge >= 0.3 is 5.97 Å². The summed E-state index contributed by atoms with van der Waals surface area (Å²) >= 11 is 6.18. The van der Waals surface area contributed by atoms with Crippen molar-refractivity contribution in [2.24, 2.45) is 0 Å². The van der Waals surface area contributed by atoms with E-state index in [1.165, 1.54) is 30.7 Å². The molecule has 0 amide bonds. The summed E-state index contributed by atoms with van der Waals surface area (Å²) in [5.41, 5.74) is 1.58. The second-order valence-electron chi connectivity index (χ2n) is 6.73. The van der Waals surface area contributed by atoms with E-state index >= 15 is 0 Å². The summed E-state index contributed by atoms with van der Waals surface area (Å²) in [6.07, 6.45) is 0.332. The minimum Gasteiger partial charge on any atom is -0.493 e. The number of ether oxygens (including phenoxy) is 3. The summed E-state index contributed by atoms with van der Waals surface area (Å²) in [6, 6.07) is 9.07. The first-order valence-corrected chi connectivity index (χ1v) is 11.3. The van der Waals surface area contributed by atoms with Gasteiger partial charge in [-0.15, -0.1) is 0 Å². The fraction of sp³-hybridized carbons (Fsp3) is 0.381. The van der Waals surface area contributed by atoms with Gasteiger partial charge in [0.05, 0.1) is 38.3 Å². The molecule has 0 spiro atoms. The van der Waals surface area contributed by atoms with Crippen LogP contribution in [0, 0.1) is 0 Å². The first-order chi connectivity index (χ1) is 14.3. The Balaban J connectivity index is 2.12. The lowest BCUT2D eigenvalue weighted by Crippen LogP contribution is -2.41. The number of hydrogen-bond acceptors (Lipinski definition) is 6. The number of esters is 1. The second-order valence-corrected chi connectivity index (χ2v) is 8.99. The van der Waals surface area contributed by atoms with Crippen LogP contribution in [0.3, 0.4) is 0 Å². The highest BCUT2D eigenvalue weighted by molar-refractivity contribution is 7.89. The van der Waals surface area contributed by atoms with Gasteiger partial charge < -0.3 is 14.2 Å². The molecular weight excluding hydrogens is 430 g/mol. The number of benzene rings is 2. The van der Waals surface area contributed by atoms with Crippen LogP contribution in [0.4, 0.5) is 0 Å². The SMILES string of the molecule is CCOC(=O)C[C@@H]1c2cc(OC)c(OC)cc2CCN1S(=O)(=O)c1ccccc1Cl. The number of carbonyl (C=O) groups is 1. The maximum absolute atomic E-state index is 13.5. The maximum Gasteiger partial charge on any atom is 0.307 e. The van der Waals surface area contributed by atoms with Crippen molar-refractivity contribution in [1.82, 2.24) is 4.31 Å². The number of hydrogen-bond donors (Lipinski definition) is 0. The number of fused-ring (bicyclic) bond motifs is 1. The van der Waals surface area contributed by atoms with E-state index < -0.39 is 22.0 Å². The zero-order valence-corrected chi connectivity index (χ0v) is 18.6. The number of carbonyl (C=O) groups excluding carboxylic acids is 1.